The molecule has 0 saturated carbocycles. The predicted octanol–water partition coefficient (Wildman–Crippen LogP) is -3.29. The van der Waals surface area contributed by atoms with Crippen molar-refractivity contribution in [2.24, 2.45) is 0 Å². The zero-order chi connectivity index (χ0) is 22.1. The number of hydrogen-bond acceptors (Lipinski definition) is 14. The molecule has 0 radical (unpaired) electrons. The summed E-state index contributed by atoms with van der Waals surface area (Å²) in [4.78, 5) is 0. The molecule has 1 N–H and O–H groups in total. The Labute approximate surface area is 163 Å². The Morgan fingerprint density at radius 2 is 1.07 bits per heavy atom. The molecule has 1 aliphatic rings. The van der Waals surface area contributed by atoms with Gasteiger partial charge in [0.2, 0.25) is 0 Å². The molecule has 28 heavy (non-hydrogen) atoms. The van der Waals surface area contributed by atoms with E-state index in [0.29, 0.717) is 25.0 Å². The van der Waals surface area contributed by atoms with Crippen molar-refractivity contribution in [3.63, 3.8) is 0 Å². The van der Waals surface area contributed by atoms with Crippen LogP contribution in [0.5, 0.6) is 0 Å². The van der Waals surface area contributed by atoms with Gasteiger partial charge in [-0.25, -0.2) is 0 Å². The van der Waals surface area contributed by atoms with Gasteiger partial charge in [0, 0.05) is 0 Å². The zero-order valence-corrected chi connectivity index (χ0v) is 18.2. The van der Waals surface area contributed by atoms with Crippen LogP contribution in [0.3, 0.4) is 0 Å². The van der Waals surface area contributed by atoms with Crippen molar-refractivity contribution in [2.45, 2.75) is 30.7 Å². The second kappa shape index (κ2) is 8.74. The van der Waals surface area contributed by atoms with E-state index >= 15 is 0 Å². The third-order valence-corrected chi connectivity index (χ3v) is 5.19. The highest BCUT2D eigenvalue weighted by Gasteiger charge is 2.52. The van der Waals surface area contributed by atoms with Crippen LogP contribution in [0.4, 0.5) is 0 Å². The third kappa shape index (κ3) is 9.37. The summed E-state index contributed by atoms with van der Waals surface area (Å²) < 4.78 is 115. The van der Waals surface area contributed by atoms with Gasteiger partial charge < -0.3 is 9.84 Å². The molecular formula is C10H20O14S4. The first kappa shape index (κ1) is 25.6. The number of aliphatic hydroxyl groups excluding tert-OH is 1. The van der Waals surface area contributed by atoms with Gasteiger partial charge in [-0.15, -0.1) is 0 Å². The van der Waals surface area contributed by atoms with Gasteiger partial charge in [-0.2, -0.15) is 33.7 Å². The Morgan fingerprint density at radius 1 is 0.679 bits per heavy atom. The van der Waals surface area contributed by atoms with Crippen molar-refractivity contribution in [2.75, 3.05) is 31.6 Å². The monoisotopic (exact) mass is 492 g/mol. The van der Waals surface area contributed by atoms with E-state index in [9.17, 15) is 38.8 Å². The average molecular weight is 493 g/mol. The van der Waals surface area contributed by atoms with Crippen molar-refractivity contribution in [3.8, 4) is 0 Å². The van der Waals surface area contributed by atoms with Crippen LogP contribution in [0.15, 0.2) is 0 Å². The molecule has 1 fully saturated rings. The Balaban J connectivity index is 3.42. The van der Waals surface area contributed by atoms with Gasteiger partial charge in [0.25, 0.3) is 40.5 Å². The number of rotatable bonds is 9. The van der Waals surface area contributed by atoms with Gasteiger partial charge in [0.15, 0.2) is 12.4 Å². The molecule has 14 nitrogen and oxygen atoms in total. The molecule has 18 heteroatoms. The first-order chi connectivity index (χ1) is 12.3. The first-order valence-electron chi connectivity index (χ1n) is 7.10. The third-order valence-electron chi connectivity index (χ3n) is 2.91. The maximum Gasteiger partial charge on any atom is 0.264 e. The summed E-state index contributed by atoms with van der Waals surface area (Å²) in [5.41, 5.74) is 0. The standard InChI is InChI=1S/C10H20O14S4/c1-25(12,13)20-5-6-7(22-26(2,14)15)8(23-27(3,16)17)9(10(11)21-6)24-28(4,18)19/h6-11H,5H2,1-4H3/t6?,7-,8+,9-,10?/m1/s1. The molecule has 1 rings (SSSR count). The van der Waals surface area contributed by atoms with Gasteiger partial charge in [-0.05, 0) is 0 Å². The molecule has 1 aliphatic heterocycles. The Bertz CT molecular complexity index is 963. The van der Waals surface area contributed by atoms with Crippen molar-refractivity contribution >= 4 is 40.5 Å². The van der Waals surface area contributed by atoms with Crippen LogP contribution in [-0.4, -0.2) is 101 Å². The minimum absolute atomic E-state index is 0.561. The highest BCUT2D eigenvalue weighted by Crippen LogP contribution is 2.30. The largest absolute Gasteiger partial charge is 0.366 e. The second-order valence-corrected chi connectivity index (χ2v) is 12.3. The molecule has 168 valence electrons. The fraction of sp³-hybridized carbons (Fsp3) is 1.00. The van der Waals surface area contributed by atoms with Crippen LogP contribution < -0.4 is 0 Å². The lowest BCUT2D eigenvalue weighted by Gasteiger charge is -2.42. The first-order valence-corrected chi connectivity index (χ1v) is 14.4. The Hall–Kier alpha value is -0.440. The van der Waals surface area contributed by atoms with Gasteiger partial charge in [0.05, 0.1) is 31.6 Å². The topological polar surface area (TPSA) is 203 Å². The Morgan fingerprint density at radius 3 is 1.46 bits per heavy atom. The van der Waals surface area contributed by atoms with Crippen LogP contribution >= 0.6 is 0 Å². The van der Waals surface area contributed by atoms with E-state index in [0.717, 1.165) is 0 Å². The van der Waals surface area contributed by atoms with E-state index in [-0.39, 0.29) is 0 Å². The lowest BCUT2D eigenvalue weighted by Crippen LogP contribution is -2.62. The van der Waals surface area contributed by atoms with Gasteiger partial charge >= 0.3 is 0 Å². The zero-order valence-electron chi connectivity index (χ0n) is 15.0. The van der Waals surface area contributed by atoms with Crippen molar-refractivity contribution in [1.82, 2.24) is 0 Å². The molecule has 0 aromatic heterocycles. The molecule has 0 aromatic carbocycles. The van der Waals surface area contributed by atoms with Crippen LogP contribution in [-0.2, 0) is 61.9 Å². The summed E-state index contributed by atoms with van der Waals surface area (Å²) in [7, 11) is -17.1. The summed E-state index contributed by atoms with van der Waals surface area (Å²) in [6.07, 6.45) is -7.58. The molecule has 0 bridgehead atoms. The molecular weight excluding hydrogens is 472 g/mol. The summed E-state index contributed by atoms with van der Waals surface area (Å²) in [5.74, 6) is 0. The minimum atomic E-state index is -4.37. The molecule has 0 aliphatic carbocycles. The molecule has 1 saturated heterocycles. The van der Waals surface area contributed by atoms with Crippen molar-refractivity contribution in [1.29, 1.82) is 0 Å². The number of ether oxygens (including phenoxy) is 1. The maximum atomic E-state index is 11.6. The predicted molar refractivity (Wildman–Crippen MR) is 90.8 cm³/mol. The van der Waals surface area contributed by atoms with Crippen LogP contribution in [0.1, 0.15) is 0 Å². The second-order valence-electron chi connectivity index (χ2n) is 5.85. The SMILES string of the molecule is CS(=O)(=O)OCC1OC(O)[C@H](OS(C)(=O)=O)[C@@H](OS(C)(=O)=O)[C@@H]1OS(C)(=O)=O. The lowest BCUT2D eigenvalue weighted by molar-refractivity contribution is -0.267. The molecule has 0 amide bonds. The van der Waals surface area contributed by atoms with E-state index in [1.54, 1.807) is 0 Å². The molecule has 1 heterocycles. The van der Waals surface area contributed by atoms with Crippen LogP contribution in [0, 0.1) is 0 Å². The lowest BCUT2D eigenvalue weighted by atomic mass is 9.99. The molecule has 5 atom stereocenters. The van der Waals surface area contributed by atoms with E-state index in [1.165, 1.54) is 0 Å². The van der Waals surface area contributed by atoms with Crippen LogP contribution in [0.2, 0.25) is 0 Å². The van der Waals surface area contributed by atoms with Crippen molar-refractivity contribution < 1.29 is 60.2 Å². The number of aliphatic hydroxyl groups is 1. The van der Waals surface area contributed by atoms with E-state index in [4.69, 9.17) is 8.92 Å². The summed E-state index contributed by atoms with van der Waals surface area (Å²) in [5, 5.41) is 10.0. The molecule has 0 aromatic rings. The summed E-state index contributed by atoms with van der Waals surface area (Å²) in [6.45, 7) is -0.911. The van der Waals surface area contributed by atoms with E-state index in [2.05, 4.69) is 12.5 Å². The van der Waals surface area contributed by atoms with Crippen molar-refractivity contribution in [3.05, 3.63) is 0 Å². The summed E-state index contributed by atoms with van der Waals surface area (Å²) >= 11 is 0. The number of hydrogen-bond donors (Lipinski definition) is 1. The molecule has 0 spiro atoms. The quantitative estimate of drug-likeness (QED) is 0.314. The Kier molecular flexibility index (Phi) is 7.99. The fourth-order valence-electron chi connectivity index (χ4n) is 2.15. The molecule has 2 unspecified atom stereocenters. The fourth-order valence-corrected chi connectivity index (χ4v) is 4.40. The highest BCUT2D eigenvalue weighted by atomic mass is 32.2. The average Bonchev–Trinajstić information content (AvgIpc) is 2.39. The smallest absolute Gasteiger partial charge is 0.264 e. The van der Waals surface area contributed by atoms with Gasteiger partial charge in [0.1, 0.15) is 18.3 Å². The normalized spacial score (nSPS) is 30.2. The van der Waals surface area contributed by atoms with Gasteiger partial charge in [-0.3, -0.25) is 16.7 Å². The van der Waals surface area contributed by atoms with Crippen LogP contribution in [0.25, 0.3) is 0 Å². The summed E-state index contributed by atoms with van der Waals surface area (Å²) in [6, 6.07) is 0. The van der Waals surface area contributed by atoms with Gasteiger partial charge in [-0.1, -0.05) is 0 Å². The maximum absolute atomic E-state index is 11.6. The minimum Gasteiger partial charge on any atom is -0.366 e. The van der Waals surface area contributed by atoms with E-state index < -0.39 is 77.8 Å². The highest BCUT2D eigenvalue weighted by molar-refractivity contribution is 7.86. The van der Waals surface area contributed by atoms with E-state index in [1.807, 2.05) is 0 Å².